The minimum Gasteiger partial charge on any atom is -0.446 e. The fourth-order valence-electron chi connectivity index (χ4n) is 2.18. The average molecular weight is 289 g/mol. The third-order valence-corrected chi connectivity index (χ3v) is 4.96. The van der Waals surface area contributed by atoms with Gasteiger partial charge in [-0.15, -0.1) is 0 Å². The van der Waals surface area contributed by atoms with E-state index in [9.17, 15) is 8.42 Å². The van der Waals surface area contributed by atoms with Gasteiger partial charge in [0.2, 0.25) is 5.09 Å². The molecule has 0 aromatic carbocycles. The number of piperidine rings is 1. The smallest absolute Gasteiger partial charge is 0.276 e. The standard InChI is InChI=1S/C12H19NO5S/c1-2-17-10-5-7-13(8-6-10)19(15,16)12-4-3-11(9-14)18-12/h3-4,10,14H,2,5-9H2,1H3. The molecule has 1 fully saturated rings. The summed E-state index contributed by atoms with van der Waals surface area (Å²) in [5.41, 5.74) is 0. The molecule has 1 aromatic rings. The summed E-state index contributed by atoms with van der Waals surface area (Å²) in [4.78, 5) is 0. The van der Waals surface area contributed by atoms with Crippen LogP contribution in [0.5, 0.6) is 0 Å². The number of aliphatic hydroxyl groups is 1. The molecule has 0 spiro atoms. The second kappa shape index (κ2) is 6.04. The molecular weight excluding hydrogens is 270 g/mol. The van der Waals surface area contributed by atoms with E-state index in [0.717, 1.165) is 0 Å². The Bertz CT molecular complexity index is 502. The topological polar surface area (TPSA) is 80.0 Å². The Labute approximate surface area is 113 Å². The second-order valence-electron chi connectivity index (χ2n) is 4.44. The Morgan fingerprint density at radius 2 is 2.11 bits per heavy atom. The van der Waals surface area contributed by atoms with Crippen LogP contribution in [0, 0.1) is 0 Å². The van der Waals surface area contributed by atoms with E-state index >= 15 is 0 Å². The zero-order valence-corrected chi connectivity index (χ0v) is 11.7. The Morgan fingerprint density at radius 1 is 1.42 bits per heavy atom. The van der Waals surface area contributed by atoms with Gasteiger partial charge in [-0.05, 0) is 31.9 Å². The number of rotatable bonds is 5. The lowest BCUT2D eigenvalue weighted by Crippen LogP contribution is -2.40. The van der Waals surface area contributed by atoms with Gasteiger partial charge >= 0.3 is 0 Å². The molecule has 2 rings (SSSR count). The Morgan fingerprint density at radius 3 is 2.63 bits per heavy atom. The Kier molecular flexibility index (Phi) is 4.62. The highest BCUT2D eigenvalue weighted by Crippen LogP contribution is 2.23. The number of sulfonamides is 1. The van der Waals surface area contributed by atoms with Crippen molar-refractivity contribution in [2.24, 2.45) is 0 Å². The van der Waals surface area contributed by atoms with Gasteiger partial charge in [-0.2, -0.15) is 4.31 Å². The van der Waals surface area contributed by atoms with Crippen molar-refractivity contribution in [2.45, 2.75) is 37.6 Å². The number of aliphatic hydroxyl groups excluding tert-OH is 1. The molecular formula is C12H19NO5S. The van der Waals surface area contributed by atoms with Gasteiger partial charge in [0.05, 0.1) is 6.10 Å². The van der Waals surface area contributed by atoms with Gasteiger partial charge in [-0.25, -0.2) is 8.42 Å². The molecule has 19 heavy (non-hydrogen) atoms. The monoisotopic (exact) mass is 289 g/mol. The van der Waals surface area contributed by atoms with Gasteiger partial charge in [0.1, 0.15) is 12.4 Å². The largest absolute Gasteiger partial charge is 0.446 e. The first-order valence-corrected chi connectivity index (χ1v) is 7.83. The lowest BCUT2D eigenvalue weighted by molar-refractivity contribution is 0.0288. The second-order valence-corrected chi connectivity index (χ2v) is 6.31. The summed E-state index contributed by atoms with van der Waals surface area (Å²) in [6.07, 6.45) is 1.53. The molecule has 1 N–H and O–H groups in total. The number of hydrogen-bond acceptors (Lipinski definition) is 5. The highest BCUT2D eigenvalue weighted by Gasteiger charge is 2.31. The lowest BCUT2D eigenvalue weighted by atomic mass is 10.1. The van der Waals surface area contributed by atoms with Gasteiger partial charge in [0.15, 0.2) is 0 Å². The molecule has 1 aromatic heterocycles. The third kappa shape index (κ3) is 3.17. The molecule has 0 bridgehead atoms. The van der Waals surface area contributed by atoms with Gasteiger partial charge in [0.25, 0.3) is 10.0 Å². The van der Waals surface area contributed by atoms with Crippen molar-refractivity contribution in [3.05, 3.63) is 17.9 Å². The van der Waals surface area contributed by atoms with Gasteiger partial charge in [-0.1, -0.05) is 0 Å². The number of nitrogens with zero attached hydrogens (tertiary/aromatic N) is 1. The first-order valence-electron chi connectivity index (χ1n) is 6.39. The van der Waals surface area contributed by atoms with Crippen molar-refractivity contribution in [3.63, 3.8) is 0 Å². The van der Waals surface area contributed by atoms with Crippen LogP contribution in [-0.4, -0.2) is 43.6 Å². The van der Waals surface area contributed by atoms with Crippen LogP contribution in [0.4, 0.5) is 0 Å². The van der Waals surface area contributed by atoms with Crippen LogP contribution in [0.15, 0.2) is 21.6 Å². The van der Waals surface area contributed by atoms with E-state index in [1.54, 1.807) is 0 Å². The highest BCUT2D eigenvalue weighted by atomic mass is 32.2. The predicted octanol–water partition coefficient (Wildman–Crippen LogP) is 0.962. The van der Waals surface area contributed by atoms with E-state index < -0.39 is 10.0 Å². The van der Waals surface area contributed by atoms with Gasteiger partial charge in [-0.3, -0.25) is 0 Å². The zero-order valence-electron chi connectivity index (χ0n) is 10.9. The molecule has 0 atom stereocenters. The van der Waals surface area contributed by atoms with Crippen molar-refractivity contribution in [2.75, 3.05) is 19.7 Å². The molecule has 108 valence electrons. The van der Waals surface area contributed by atoms with Crippen LogP contribution in [0.3, 0.4) is 0 Å². The third-order valence-electron chi connectivity index (χ3n) is 3.19. The van der Waals surface area contributed by atoms with E-state index in [4.69, 9.17) is 14.3 Å². The van der Waals surface area contributed by atoms with Crippen LogP contribution in [0.25, 0.3) is 0 Å². The summed E-state index contributed by atoms with van der Waals surface area (Å²) < 4.78 is 36.6. The maximum atomic E-state index is 12.3. The molecule has 0 unspecified atom stereocenters. The summed E-state index contributed by atoms with van der Waals surface area (Å²) in [6, 6.07) is 2.86. The summed E-state index contributed by atoms with van der Waals surface area (Å²) >= 11 is 0. The minimum atomic E-state index is -3.59. The first-order chi connectivity index (χ1) is 9.07. The summed E-state index contributed by atoms with van der Waals surface area (Å²) in [5.74, 6) is 0.253. The van der Waals surface area contributed by atoms with Gasteiger partial charge < -0.3 is 14.3 Å². The van der Waals surface area contributed by atoms with Crippen molar-refractivity contribution < 1.29 is 22.7 Å². The van der Waals surface area contributed by atoms with E-state index in [-0.39, 0.29) is 23.6 Å². The first kappa shape index (κ1) is 14.5. The van der Waals surface area contributed by atoms with E-state index in [2.05, 4.69) is 0 Å². The fraction of sp³-hybridized carbons (Fsp3) is 0.667. The normalized spacial score (nSPS) is 18.8. The molecule has 1 aliphatic heterocycles. The van der Waals surface area contributed by atoms with Crippen LogP contribution < -0.4 is 0 Å². The molecule has 0 amide bonds. The van der Waals surface area contributed by atoms with Crippen molar-refractivity contribution in [3.8, 4) is 0 Å². The van der Waals surface area contributed by atoms with Crippen LogP contribution >= 0.6 is 0 Å². The number of ether oxygens (including phenoxy) is 1. The average Bonchev–Trinajstić information content (AvgIpc) is 2.89. The minimum absolute atomic E-state index is 0.105. The van der Waals surface area contributed by atoms with Gasteiger partial charge in [0, 0.05) is 19.7 Å². The van der Waals surface area contributed by atoms with E-state index in [0.29, 0.717) is 32.5 Å². The Balaban J connectivity index is 2.05. The van der Waals surface area contributed by atoms with Crippen LogP contribution in [0.1, 0.15) is 25.5 Å². The molecule has 0 saturated carbocycles. The molecule has 1 aliphatic rings. The predicted molar refractivity (Wildman–Crippen MR) is 68.0 cm³/mol. The Hall–Kier alpha value is -0.890. The SMILES string of the molecule is CCOC1CCN(S(=O)(=O)c2ccc(CO)o2)CC1. The maximum absolute atomic E-state index is 12.3. The van der Waals surface area contributed by atoms with Crippen molar-refractivity contribution in [1.82, 2.24) is 4.31 Å². The summed E-state index contributed by atoms with van der Waals surface area (Å²) in [7, 11) is -3.59. The van der Waals surface area contributed by atoms with E-state index in [1.807, 2.05) is 6.92 Å². The number of hydrogen-bond donors (Lipinski definition) is 1. The molecule has 1 saturated heterocycles. The maximum Gasteiger partial charge on any atom is 0.276 e. The molecule has 6 nitrogen and oxygen atoms in total. The van der Waals surface area contributed by atoms with Crippen molar-refractivity contribution >= 4 is 10.0 Å². The summed E-state index contributed by atoms with van der Waals surface area (Å²) in [5, 5.41) is 8.80. The van der Waals surface area contributed by atoms with Crippen molar-refractivity contribution in [1.29, 1.82) is 0 Å². The molecule has 7 heteroatoms. The number of furan rings is 1. The lowest BCUT2D eigenvalue weighted by Gasteiger charge is -2.30. The fourth-order valence-corrected chi connectivity index (χ4v) is 3.58. The molecule has 0 radical (unpaired) electrons. The molecule has 0 aliphatic carbocycles. The highest BCUT2D eigenvalue weighted by molar-refractivity contribution is 7.89. The van der Waals surface area contributed by atoms with Crippen LogP contribution in [0.2, 0.25) is 0 Å². The van der Waals surface area contributed by atoms with E-state index in [1.165, 1.54) is 16.4 Å². The zero-order chi connectivity index (χ0) is 13.9. The summed E-state index contributed by atoms with van der Waals surface area (Å²) in [6.45, 7) is 3.14. The van der Waals surface area contributed by atoms with Crippen LogP contribution in [-0.2, 0) is 21.4 Å². The quantitative estimate of drug-likeness (QED) is 0.873. The molecule has 2 heterocycles.